The van der Waals surface area contributed by atoms with Gasteiger partial charge in [-0.25, -0.2) is 4.98 Å². The minimum Gasteiger partial charge on any atom is -0.370 e. The number of thiazole rings is 1. The lowest BCUT2D eigenvalue weighted by atomic mass is 9.93. The molecule has 3 N–H and O–H groups in total. The molecular formula is C17H31IN4S. The van der Waals surface area contributed by atoms with Crippen LogP contribution in [0.4, 0.5) is 0 Å². The lowest BCUT2D eigenvalue weighted by molar-refractivity contribution is 0.530. The number of halogens is 1. The van der Waals surface area contributed by atoms with Crippen LogP contribution in [-0.2, 0) is 11.8 Å². The van der Waals surface area contributed by atoms with Gasteiger partial charge in [-0.2, -0.15) is 0 Å². The minimum absolute atomic E-state index is 0. The van der Waals surface area contributed by atoms with E-state index in [1.54, 1.807) is 11.3 Å². The molecule has 1 fully saturated rings. The zero-order valence-corrected chi connectivity index (χ0v) is 17.7. The predicted octanol–water partition coefficient (Wildman–Crippen LogP) is 4.23. The first-order chi connectivity index (χ1) is 10.4. The maximum absolute atomic E-state index is 6.02. The molecule has 1 aromatic rings. The fourth-order valence-corrected chi connectivity index (χ4v) is 3.73. The zero-order valence-electron chi connectivity index (χ0n) is 14.6. The molecule has 23 heavy (non-hydrogen) atoms. The standard InChI is InChI=1S/C17H30N4S.HI/c1-17(2,3)14-12-22-15(21-14)10-11-19-16(18)20-13-8-6-4-5-7-9-13;/h12-13H,4-11H2,1-3H3,(H3,18,19,20);1H. The predicted molar refractivity (Wildman–Crippen MR) is 111 cm³/mol. The summed E-state index contributed by atoms with van der Waals surface area (Å²) in [4.78, 5) is 9.16. The molecule has 0 atom stereocenters. The van der Waals surface area contributed by atoms with Crippen molar-refractivity contribution in [3.8, 4) is 0 Å². The summed E-state index contributed by atoms with van der Waals surface area (Å²) in [5, 5.41) is 6.69. The number of nitrogens with zero attached hydrogens (tertiary/aromatic N) is 2. The van der Waals surface area contributed by atoms with Crippen LogP contribution in [0.15, 0.2) is 10.4 Å². The van der Waals surface area contributed by atoms with E-state index >= 15 is 0 Å². The van der Waals surface area contributed by atoms with Crippen LogP contribution in [0.2, 0.25) is 0 Å². The van der Waals surface area contributed by atoms with Crippen molar-refractivity contribution < 1.29 is 0 Å². The van der Waals surface area contributed by atoms with E-state index in [1.807, 2.05) is 0 Å². The Bertz CT molecular complexity index is 485. The van der Waals surface area contributed by atoms with Gasteiger partial charge in [0.15, 0.2) is 5.96 Å². The van der Waals surface area contributed by atoms with Gasteiger partial charge in [0.25, 0.3) is 0 Å². The smallest absolute Gasteiger partial charge is 0.188 e. The maximum atomic E-state index is 6.02. The van der Waals surface area contributed by atoms with Gasteiger partial charge in [-0.1, -0.05) is 46.5 Å². The first kappa shape index (κ1) is 20.7. The molecule has 132 valence electrons. The van der Waals surface area contributed by atoms with Crippen LogP contribution in [0.1, 0.15) is 70.0 Å². The number of nitrogens with two attached hydrogens (primary N) is 1. The number of nitrogens with one attached hydrogen (secondary N) is 1. The number of guanidine groups is 1. The molecular weight excluding hydrogens is 419 g/mol. The Balaban J connectivity index is 0.00000264. The van der Waals surface area contributed by atoms with E-state index in [4.69, 9.17) is 10.7 Å². The normalized spacial score (nSPS) is 17.4. The van der Waals surface area contributed by atoms with Crippen LogP contribution in [-0.4, -0.2) is 23.5 Å². The van der Waals surface area contributed by atoms with Gasteiger partial charge in [-0.05, 0) is 12.8 Å². The molecule has 0 aromatic carbocycles. The summed E-state index contributed by atoms with van der Waals surface area (Å²) in [7, 11) is 0. The van der Waals surface area contributed by atoms with Crippen LogP contribution < -0.4 is 11.1 Å². The molecule has 6 heteroatoms. The maximum Gasteiger partial charge on any atom is 0.188 e. The van der Waals surface area contributed by atoms with Crippen molar-refractivity contribution in [2.75, 3.05) is 6.54 Å². The molecule has 0 amide bonds. The average Bonchev–Trinajstić information content (AvgIpc) is 2.77. The van der Waals surface area contributed by atoms with E-state index in [1.165, 1.54) is 44.2 Å². The molecule has 1 aliphatic carbocycles. The Morgan fingerprint density at radius 1 is 1.30 bits per heavy atom. The SMILES string of the molecule is CC(C)(C)c1csc(CCN=C(N)NC2CCCCCC2)n1.I. The van der Waals surface area contributed by atoms with Crippen molar-refractivity contribution in [3.05, 3.63) is 16.1 Å². The number of rotatable bonds is 4. The van der Waals surface area contributed by atoms with Crippen molar-refractivity contribution >= 4 is 41.3 Å². The third kappa shape index (κ3) is 7.37. The Hall–Kier alpha value is -0.370. The molecule has 0 saturated heterocycles. The highest BCUT2D eigenvalue weighted by molar-refractivity contribution is 14.0. The first-order valence-electron chi connectivity index (χ1n) is 8.46. The van der Waals surface area contributed by atoms with Crippen molar-refractivity contribution in [2.45, 2.75) is 77.2 Å². The highest BCUT2D eigenvalue weighted by atomic mass is 127. The first-order valence-corrected chi connectivity index (χ1v) is 9.34. The lowest BCUT2D eigenvalue weighted by Crippen LogP contribution is -2.40. The van der Waals surface area contributed by atoms with E-state index in [2.05, 4.69) is 36.5 Å². The third-order valence-corrected chi connectivity index (χ3v) is 5.04. The van der Waals surface area contributed by atoms with E-state index in [9.17, 15) is 0 Å². The van der Waals surface area contributed by atoms with Gasteiger partial charge >= 0.3 is 0 Å². The quantitative estimate of drug-likeness (QED) is 0.312. The molecule has 2 rings (SSSR count). The monoisotopic (exact) mass is 450 g/mol. The van der Waals surface area contributed by atoms with Crippen LogP contribution in [0.25, 0.3) is 0 Å². The van der Waals surface area contributed by atoms with Crippen molar-refractivity contribution in [1.29, 1.82) is 0 Å². The topological polar surface area (TPSA) is 63.3 Å². The van der Waals surface area contributed by atoms with Crippen LogP contribution >= 0.6 is 35.3 Å². The molecule has 1 saturated carbocycles. The van der Waals surface area contributed by atoms with Crippen molar-refractivity contribution in [2.24, 2.45) is 10.7 Å². The zero-order chi connectivity index (χ0) is 16.0. The van der Waals surface area contributed by atoms with Gasteiger partial charge < -0.3 is 11.1 Å². The highest BCUT2D eigenvalue weighted by Gasteiger charge is 2.17. The molecule has 0 radical (unpaired) electrons. The summed E-state index contributed by atoms with van der Waals surface area (Å²) in [6, 6.07) is 0.513. The number of aliphatic imine (C=N–C) groups is 1. The van der Waals surface area contributed by atoms with E-state index < -0.39 is 0 Å². The Labute approximate surface area is 161 Å². The molecule has 0 unspecified atom stereocenters. The van der Waals surface area contributed by atoms with Gasteiger partial charge in [0.1, 0.15) is 0 Å². The second kappa shape index (κ2) is 9.81. The summed E-state index contributed by atoms with van der Waals surface area (Å²) >= 11 is 1.72. The number of hydrogen-bond acceptors (Lipinski definition) is 3. The largest absolute Gasteiger partial charge is 0.370 e. The number of aromatic nitrogens is 1. The second-order valence-corrected chi connectivity index (χ2v) is 8.17. The third-order valence-electron chi connectivity index (χ3n) is 4.14. The Kier molecular flexibility index (Phi) is 8.82. The fourth-order valence-electron chi connectivity index (χ4n) is 2.72. The van der Waals surface area contributed by atoms with E-state index in [0.717, 1.165) is 11.4 Å². The molecule has 0 aliphatic heterocycles. The van der Waals surface area contributed by atoms with Crippen LogP contribution in [0.3, 0.4) is 0 Å². The molecule has 0 bridgehead atoms. The highest BCUT2D eigenvalue weighted by Crippen LogP contribution is 2.24. The van der Waals surface area contributed by atoms with Gasteiger partial charge in [-0.3, -0.25) is 4.99 Å². The summed E-state index contributed by atoms with van der Waals surface area (Å²) < 4.78 is 0. The summed E-state index contributed by atoms with van der Waals surface area (Å²) in [6.45, 7) is 7.29. The lowest BCUT2D eigenvalue weighted by Gasteiger charge is -2.16. The van der Waals surface area contributed by atoms with E-state index in [0.29, 0.717) is 18.5 Å². The van der Waals surface area contributed by atoms with Gasteiger partial charge in [0, 0.05) is 29.8 Å². The van der Waals surface area contributed by atoms with Crippen LogP contribution in [0.5, 0.6) is 0 Å². The van der Waals surface area contributed by atoms with Gasteiger partial charge in [-0.15, -0.1) is 35.3 Å². The molecule has 1 aliphatic rings. The average molecular weight is 450 g/mol. The molecule has 1 heterocycles. The van der Waals surface area contributed by atoms with Crippen molar-refractivity contribution in [3.63, 3.8) is 0 Å². The second-order valence-electron chi connectivity index (χ2n) is 7.23. The molecule has 4 nitrogen and oxygen atoms in total. The van der Waals surface area contributed by atoms with E-state index in [-0.39, 0.29) is 29.4 Å². The van der Waals surface area contributed by atoms with Gasteiger partial charge in [0.2, 0.25) is 0 Å². The molecule has 0 spiro atoms. The summed E-state index contributed by atoms with van der Waals surface area (Å²) in [5.74, 6) is 0.597. The Morgan fingerprint density at radius 2 is 1.96 bits per heavy atom. The van der Waals surface area contributed by atoms with Crippen molar-refractivity contribution in [1.82, 2.24) is 10.3 Å². The summed E-state index contributed by atoms with van der Waals surface area (Å²) in [6.07, 6.45) is 8.63. The summed E-state index contributed by atoms with van der Waals surface area (Å²) in [5.41, 5.74) is 7.31. The minimum atomic E-state index is 0. The van der Waals surface area contributed by atoms with Crippen LogP contribution in [0, 0.1) is 0 Å². The Morgan fingerprint density at radius 3 is 2.52 bits per heavy atom. The fraction of sp³-hybridized carbons (Fsp3) is 0.765. The van der Waals surface area contributed by atoms with Gasteiger partial charge in [0.05, 0.1) is 10.7 Å². The number of hydrogen-bond donors (Lipinski definition) is 2. The molecule has 1 aromatic heterocycles.